The molecule has 4 unspecified atom stereocenters. The van der Waals surface area contributed by atoms with Gasteiger partial charge in [0.1, 0.15) is 36.0 Å². The third-order valence-electron chi connectivity index (χ3n) is 15.9. The van der Waals surface area contributed by atoms with Gasteiger partial charge in [-0.1, -0.05) is 91.3 Å². The molecule has 2 heterocycles. The van der Waals surface area contributed by atoms with Crippen molar-refractivity contribution in [1.82, 2.24) is 25.3 Å². The summed E-state index contributed by atoms with van der Waals surface area (Å²) < 4.78 is 55.2. The van der Waals surface area contributed by atoms with E-state index < -0.39 is 168 Å². The van der Waals surface area contributed by atoms with Gasteiger partial charge < -0.3 is 72.9 Å². The summed E-state index contributed by atoms with van der Waals surface area (Å²) in [6.45, 7) is 15.2. The number of esters is 5. The van der Waals surface area contributed by atoms with E-state index >= 15 is 0 Å². The number of aromatic carboxylic acids is 1. The molecule has 494 valence electrons. The quantitative estimate of drug-likeness (QED) is 0.0735. The fraction of sp³-hybridized carbons (Fsp3) is 0.629. The number of rotatable bonds is 30. The maximum Gasteiger partial charge on any atom is 0.410 e. The van der Waals surface area contributed by atoms with Crippen LogP contribution in [0.15, 0.2) is 48.5 Å². The van der Waals surface area contributed by atoms with Crippen molar-refractivity contribution in [1.29, 1.82) is 0 Å². The molecule has 2 saturated heterocycles. The van der Waals surface area contributed by atoms with E-state index in [2.05, 4.69) is 10.6 Å². The van der Waals surface area contributed by atoms with E-state index in [1.54, 1.807) is 46.6 Å². The average Bonchev–Trinajstić information content (AvgIpc) is 2.00. The first-order valence-electron chi connectivity index (χ1n) is 29.5. The lowest BCUT2D eigenvalue weighted by Crippen LogP contribution is -2.64. The Morgan fingerprint density at radius 2 is 1.35 bits per heavy atom. The van der Waals surface area contributed by atoms with Crippen molar-refractivity contribution in [3.63, 3.8) is 0 Å². The van der Waals surface area contributed by atoms with Gasteiger partial charge in [-0.15, -0.1) is 0 Å². The fourth-order valence-corrected chi connectivity index (χ4v) is 11.3. The summed E-state index contributed by atoms with van der Waals surface area (Å²) in [7, 11) is 8.08. The second kappa shape index (κ2) is 34.2. The summed E-state index contributed by atoms with van der Waals surface area (Å²) >= 11 is 0. The molecule has 3 N–H and O–H groups in total. The van der Waals surface area contributed by atoms with Crippen molar-refractivity contribution in [2.75, 3.05) is 49.1 Å². The number of carbonyl (C=O) groups is 11. The van der Waals surface area contributed by atoms with Gasteiger partial charge in [0.05, 0.1) is 50.8 Å². The number of carboxylic acids is 1. The Labute approximate surface area is 519 Å². The summed E-state index contributed by atoms with van der Waals surface area (Å²) in [6, 6.07) is 8.23. The van der Waals surface area contributed by atoms with Gasteiger partial charge in [0.2, 0.25) is 36.0 Å². The van der Waals surface area contributed by atoms with Crippen molar-refractivity contribution in [2.45, 2.75) is 181 Å². The van der Waals surface area contributed by atoms with Gasteiger partial charge in [0.25, 0.3) is 0 Å². The zero-order valence-electron chi connectivity index (χ0n) is 53.7. The first-order chi connectivity index (χ1) is 42.0. The van der Waals surface area contributed by atoms with Crippen molar-refractivity contribution in [2.24, 2.45) is 23.7 Å². The van der Waals surface area contributed by atoms with E-state index in [9.17, 15) is 57.8 Å². The SMILES string of the molecule is CCC(C)C([C@@H](CC(=O)N1CCC[C@H]1[C@H](OC)[C@@H](C)C(=O)N[C@@H](Cc1ccccc1)C(=O)OC)OC)N(C)C(=O)[C@@H](NC(=O)[C@H](C(C)C)N(C)C(=O)OCc1ccc(OC2OC(C(=O)OC)[C@@H](OC(C)=O)[C@H](OC(C)=O)[C@H]2OC(C)=O)c(C(=O)O)c1)C(C)C. The van der Waals surface area contributed by atoms with E-state index in [-0.39, 0.29) is 30.2 Å². The average molecular weight is 1260 g/mol. The Hall–Kier alpha value is -7.91. The van der Waals surface area contributed by atoms with E-state index in [1.165, 1.54) is 39.3 Å². The molecule has 2 fully saturated rings. The molecule has 27 nitrogen and oxygen atoms in total. The molecule has 2 aliphatic rings. The lowest BCUT2D eigenvalue weighted by Gasteiger charge is -2.43. The fourth-order valence-electron chi connectivity index (χ4n) is 11.3. The summed E-state index contributed by atoms with van der Waals surface area (Å²) in [5.41, 5.74) is 0.394. The maximum atomic E-state index is 14.8. The maximum absolute atomic E-state index is 14.8. The molecule has 4 rings (SSSR count). The minimum Gasteiger partial charge on any atom is -0.478 e. The number of nitrogens with zero attached hydrogens (tertiary/aromatic N) is 3. The number of ether oxygens (including phenoxy) is 10. The van der Waals surface area contributed by atoms with Crippen LogP contribution in [-0.4, -0.2) is 208 Å². The topological polar surface area (TPSA) is 334 Å². The second-order valence-electron chi connectivity index (χ2n) is 22.9. The van der Waals surface area contributed by atoms with Crippen molar-refractivity contribution >= 4 is 65.5 Å². The number of carboxylic acid groups (broad SMARTS) is 1. The van der Waals surface area contributed by atoms with Crippen LogP contribution in [0.1, 0.15) is 116 Å². The van der Waals surface area contributed by atoms with Crippen LogP contribution in [0.4, 0.5) is 4.79 Å². The highest BCUT2D eigenvalue weighted by atomic mass is 16.7. The Kier molecular flexibility index (Phi) is 28.2. The third-order valence-corrected chi connectivity index (χ3v) is 15.9. The molecule has 0 radical (unpaired) electrons. The second-order valence-corrected chi connectivity index (χ2v) is 22.9. The molecule has 2 aliphatic heterocycles. The van der Waals surface area contributed by atoms with Crippen LogP contribution in [0.2, 0.25) is 0 Å². The molecule has 0 bridgehead atoms. The highest BCUT2D eigenvalue weighted by Crippen LogP contribution is 2.34. The number of likely N-dealkylation sites (tertiary alicyclic amines) is 1. The highest BCUT2D eigenvalue weighted by molar-refractivity contribution is 5.93. The molecule has 0 spiro atoms. The number of benzene rings is 2. The molecule has 2 aromatic rings. The first kappa shape index (κ1) is 73.6. The molecule has 0 aromatic heterocycles. The Balaban J connectivity index is 1.50. The van der Waals surface area contributed by atoms with Crippen LogP contribution >= 0.6 is 0 Å². The highest BCUT2D eigenvalue weighted by Gasteiger charge is 2.56. The van der Waals surface area contributed by atoms with Gasteiger partial charge in [-0.25, -0.2) is 19.2 Å². The number of likely N-dealkylation sites (N-methyl/N-ethyl adjacent to an activating group) is 2. The molecule has 5 amide bonds. The van der Waals surface area contributed by atoms with Crippen LogP contribution in [0.25, 0.3) is 0 Å². The number of methoxy groups -OCH3 is 4. The summed E-state index contributed by atoms with van der Waals surface area (Å²) in [6.07, 6.45) is -9.74. The Morgan fingerprint density at radius 1 is 0.730 bits per heavy atom. The van der Waals surface area contributed by atoms with E-state index in [0.717, 1.165) is 50.5 Å². The van der Waals surface area contributed by atoms with E-state index in [4.69, 9.17) is 47.4 Å². The predicted molar refractivity (Wildman–Crippen MR) is 315 cm³/mol. The molecular formula is C62H89N5O22. The van der Waals surface area contributed by atoms with Crippen molar-refractivity contribution < 1.29 is 105 Å². The molecule has 27 heteroatoms. The monoisotopic (exact) mass is 1260 g/mol. The number of nitrogens with one attached hydrogen (secondary N) is 2. The third kappa shape index (κ3) is 19.5. The molecule has 2 aromatic carbocycles. The Bertz CT molecular complexity index is 2800. The Morgan fingerprint density at radius 3 is 1.89 bits per heavy atom. The van der Waals surface area contributed by atoms with Crippen molar-refractivity contribution in [3.05, 3.63) is 65.2 Å². The van der Waals surface area contributed by atoms with Crippen LogP contribution < -0.4 is 15.4 Å². The lowest BCUT2D eigenvalue weighted by atomic mass is 9.89. The molecular weight excluding hydrogens is 1170 g/mol. The number of hydrogen-bond donors (Lipinski definition) is 3. The van der Waals surface area contributed by atoms with Crippen LogP contribution in [0, 0.1) is 23.7 Å². The molecule has 14 atom stereocenters. The van der Waals surface area contributed by atoms with Gasteiger partial charge in [-0.3, -0.25) is 38.5 Å². The van der Waals surface area contributed by atoms with E-state index in [1.807, 2.05) is 44.2 Å². The largest absolute Gasteiger partial charge is 0.478 e. The van der Waals surface area contributed by atoms with E-state index in [0.29, 0.717) is 25.8 Å². The summed E-state index contributed by atoms with van der Waals surface area (Å²) in [4.78, 5) is 151. The van der Waals surface area contributed by atoms with Gasteiger partial charge in [0.15, 0.2) is 18.3 Å². The first-order valence-corrected chi connectivity index (χ1v) is 29.5. The zero-order valence-corrected chi connectivity index (χ0v) is 53.7. The smallest absolute Gasteiger partial charge is 0.410 e. The van der Waals surface area contributed by atoms with Crippen LogP contribution in [0.5, 0.6) is 5.75 Å². The zero-order chi connectivity index (χ0) is 66.7. The molecule has 89 heavy (non-hydrogen) atoms. The number of amides is 5. The van der Waals surface area contributed by atoms with Crippen LogP contribution in [0.3, 0.4) is 0 Å². The standard InChI is InChI=1S/C62H89N5O22/c1-17-34(6)49(45(80-13)30-46(71)67-27-21-24-43(67)50(81-14)35(7)55(72)63-42(59(77)82-15)29-39-22-19-18-20-23-39)65(11)57(74)47(32(2)3)64-56(73)48(33(4)5)66(12)62(79)84-31-40-25-26-44(41(28-40)58(75)76)88-61-54(87-38(10)70)52(86-37(9)69)51(85-36(8)68)53(89-61)60(78)83-16/h18-20,22-23,25-26,28,32-35,42-43,45,47-54,61H,17,21,24,27,29-31H2,1-16H3,(H,63,72)(H,64,73)(H,75,76)/t34?,35-,42+,43+,45-,47+,48+,49?,50-,51+,52+,53?,54-,61?/m1/s1. The molecule has 0 saturated carbocycles. The van der Waals surface area contributed by atoms with Crippen LogP contribution in [-0.2, 0) is 98.8 Å². The summed E-state index contributed by atoms with van der Waals surface area (Å²) in [5, 5.41) is 16.0. The van der Waals surface area contributed by atoms with Gasteiger partial charge in [0, 0.05) is 62.1 Å². The minimum absolute atomic E-state index is 0.115. The predicted octanol–water partition coefficient (Wildman–Crippen LogP) is 4.01. The number of hydrogen-bond acceptors (Lipinski definition) is 21. The van der Waals surface area contributed by atoms with Gasteiger partial charge in [-0.05, 0) is 53.9 Å². The lowest BCUT2D eigenvalue weighted by molar-refractivity contribution is -0.282. The summed E-state index contributed by atoms with van der Waals surface area (Å²) in [5.74, 6) is -10.6. The number of carbonyl (C=O) groups excluding carboxylic acids is 10. The molecule has 0 aliphatic carbocycles. The minimum atomic E-state index is -1.88. The normalized spacial score (nSPS) is 20.8. The van der Waals surface area contributed by atoms with Gasteiger partial charge in [-0.2, -0.15) is 0 Å². The van der Waals surface area contributed by atoms with Gasteiger partial charge >= 0.3 is 41.9 Å². The van der Waals surface area contributed by atoms with Crippen molar-refractivity contribution in [3.8, 4) is 5.75 Å².